The molecule has 0 spiro atoms. The van der Waals surface area contributed by atoms with Gasteiger partial charge in [0.15, 0.2) is 0 Å². The summed E-state index contributed by atoms with van der Waals surface area (Å²) < 4.78 is 7.40. The van der Waals surface area contributed by atoms with Crippen molar-refractivity contribution >= 4 is 21.4 Å². The summed E-state index contributed by atoms with van der Waals surface area (Å²) in [5.74, 6) is 0.968. The number of hydrogen-bond acceptors (Lipinski definition) is 4. The molecule has 200 valence electrons. The molecule has 4 aromatic rings. The van der Waals surface area contributed by atoms with Crippen LogP contribution >= 0.6 is 11.3 Å². The summed E-state index contributed by atoms with van der Waals surface area (Å²) in [6, 6.07) is 26.8. The second kappa shape index (κ2) is 12.5. The zero-order chi connectivity index (χ0) is 26.4. The predicted molar refractivity (Wildman–Crippen MR) is 164 cm³/mol. The Morgan fingerprint density at radius 2 is 1.58 bits per heavy atom. The fourth-order valence-electron chi connectivity index (χ4n) is 5.23. The van der Waals surface area contributed by atoms with Gasteiger partial charge in [-0.3, -0.25) is 4.90 Å². The van der Waals surface area contributed by atoms with Crippen molar-refractivity contribution in [1.29, 1.82) is 0 Å². The Kier molecular flexibility index (Phi) is 8.83. The van der Waals surface area contributed by atoms with Crippen LogP contribution < -0.4 is 10.1 Å². The van der Waals surface area contributed by atoms with Gasteiger partial charge < -0.3 is 10.1 Å². The standard InChI is InChI=1S/C34H42N2OS/c1-34(2,3)25-35-19-18-26-10-14-28(15-11-26)33-31(30-8-4-5-9-32(30)38-33)24-27-12-16-29(17-13-27)37-23-22-36-20-6-7-21-36/h4-5,8-17,35H,6-7,18-25H2,1-3H3. The lowest BCUT2D eigenvalue weighted by Gasteiger charge is -2.18. The lowest BCUT2D eigenvalue weighted by atomic mass is 9.97. The Hall–Kier alpha value is -2.66. The Bertz CT molecular complexity index is 1300. The van der Waals surface area contributed by atoms with E-state index in [-0.39, 0.29) is 0 Å². The number of fused-ring (bicyclic) bond motifs is 1. The van der Waals surface area contributed by atoms with Crippen molar-refractivity contribution in [3.63, 3.8) is 0 Å². The van der Waals surface area contributed by atoms with Crippen molar-refractivity contribution in [3.05, 3.63) is 89.5 Å². The van der Waals surface area contributed by atoms with Gasteiger partial charge in [-0.25, -0.2) is 0 Å². The Morgan fingerprint density at radius 1 is 0.868 bits per heavy atom. The molecule has 2 heterocycles. The molecule has 0 aliphatic carbocycles. The van der Waals surface area contributed by atoms with E-state index in [1.807, 2.05) is 11.3 Å². The van der Waals surface area contributed by atoms with E-state index in [2.05, 4.69) is 104 Å². The van der Waals surface area contributed by atoms with Crippen LogP contribution in [-0.2, 0) is 12.8 Å². The molecular weight excluding hydrogens is 484 g/mol. The van der Waals surface area contributed by atoms with Crippen molar-refractivity contribution in [2.45, 2.75) is 46.5 Å². The van der Waals surface area contributed by atoms with Gasteiger partial charge in [0, 0.05) is 22.7 Å². The molecule has 0 radical (unpaired) electrons. The molecule has 0 saturated carbocycles. The topological polar surface area (TPSA) is 24.5 Å². The average Bonchev–Trinajstić information content (AvgIpc) is 3.56. The van der Waals surface area contributed by atoms with E-state index in [1.54, 1.807) is 0 Å². The minimum absolute atomic E-state index is 0.322. The van der Waals surface area contributed by atoms with Crippen molar-refractivity contribution in [1.82, 2.24) is 10.2 Å². The Morgan fingerprint density at radius 3 is 2.32 bits per heavy atom. The SMILES string of the molecule is CC(C)(C)CNCCc1ccc(-c2sc3ccccc3c2Cc2ccc(OCCN3CCCC3)cc2)cc1. The van der Waals surface area contributed by atoms with Crippen LogP contribution in [0, 0.1) is 5.41 Å². The zero-order valence-corrected chi connectivity index (χ0v) is 24.1. The summed E-state index contributed by atoms with van der Waals surface area (Å²) in [6.07, 6.45) is 4.63. The predicted octanol–water partition coefficient (Wildman–Crippen LogP) is 7.81. The quantitative estimate of drug-likeness (QED) is 0.202. The Labute approximate surface area is 232 Å². The van der Waals surface area contributed by atoms with E-state index in [0.717, 1.165) is 44.8 Å². The van der Waals surface area contributed by atoms with Gasteiger partial charge in [0.25, 0.3) is 0 Å². The first-order valence-electron chi connectivity index (χ1n) is 14.2. The molecule has 3 nitrogen and oxygen atoms in total. The molecule has 1 aliphatic heterocycles. The van der Waals surface area contributed by atoms with Gasteiger partial charge in [-0.15, -0.1) is 11.3 Å². The maximum Gasteiger partial charge on any atom is 0.119 e. The van der Waals surface area contributed by atoms with E-state index < -0.39 is 0 Å². The third-order valence-electron chi connectivity index (χ3n) is 7.34. The summed E-state index contributed by atoms with van der Waals surface area (Å²) in [5.41, 5.74) is 5.77. The number of rotatable bonds is 11. The van der Waals surface area contributed by atoms with Crippen LogP contribution in [0.15, 0.2) is 72.8 Å². The minimum Gasteiger partial charge on any atom is -0.492 e. The zero-order valence-electron chi connectivity index (χ0n) is 23.3. The second-order valence-electron chi connectivity index (χ2n) is 11.8. The average molecular weight is 527 g/mol. The maximum atomic E-state index is 6.04. The maximum absolute atomic E-state index is 6.04. The lowest BCUT2D eigenvalue weighted by molar-refractivity contribution is 0.238. The van der Waals surface area contributed by atoms with E-state index in [4.69, 9.17) is 4.74 Å². The van der Waals surface area contributed by atoms with Crippen molar-refractivity contribution in [3.8, 4) is 16.2 Å². The highest BCUT2D eigenvalue weighted by Gasteiger charge is 2.15. The van der Waals surface area contributed by atoms with Crippen LogP contribution in [0.5, 0.6) is 5.75 Å². The van der Waals surface area contributed by atoms with Crippen LogP contribution in [0.25, 0.3) is 20.5 Å². The van der Waals surface area contributed by atoms with Gasteiger partial charge in [-0.2, -0.15) is 0 Å². The number of likely N-dealkylation sites (tertiary alicyclic amines) is 1. The van der Waals surface area contributed by atoms with Crippen LogP contribution in [0.1, 0.15) is 50.3 Å². The fraction of sp³-hybridized carbons (Fsp3) is 0.412. The number of nitrogens with one attached hydrogen (secondary N) is 1. The largest absolute Gasteiger partial charge is 0.492 e. The first kappa shape index (κ1) is 26.9. The highest BCUT2D eigenvalue weighted by molar-refractivity contribution is 7.22. The molecule has 1 aromatic heterocycles. The summed E-state index contributed by atoms with van der Waals surface area (Å²) >= 11 is 1.91. The van der Waals surface area contributed by atoms with E-state index in [1.165, 1.54) is 63.1 Å². The molecule has 3 aromatic carbocycles. The molecule has 0 bridgehead atoms. The van der Waals surface area contributed by atoms with Gasteiger partial charge in [0.2, 0.25) is 0 Å². The number of nitrogens with zero attached hydrogens (tertiary/aromatic N) is 1. The highest BCUT2D eigenvalue weighted by Crippen LogP contribution is 2.40. The first-order valence-corrected chi connectivity index (χ1v) is 15.0. The second-order valence-corrected chi connectivity index (χ2v) is 12.9. The van der Waals surface area contributed by atoms with E-state index >= 15 is 0 Å². The molecule has 0 unspecified atom stereocenters. The van der Waals surface area contributed by atoms with Crippen LogP contribution in [0.2, 0.25) is 0 Å². The molecule has 1 saturated heterocycles. The molecule has 4 heteroatoms. The third kappa shape index (κ3) is 7.25. The monoisotopic (exact) mass is 526 g/mol. The molecule has 1 fully saturated rings. The normalized spacial score (nSPS) is 14.4. The fourth-order valence-corrected chi connectivity index (χ4v) is 6.46. The minimum atomic E-state index is 0.322. The van der Waals surface area contributed by atoms with E-state index in [0.29, 0.717) is 5.41 Å². The Balaban J connectivity index is 1.26. The molecule has 1 aliphatic rings. The summed E-state index contributed by atoms with van der Waals surface area (Å²) in [5, 5.41) is 4.96. The summed E-state index contributed by atoms with van der Waals surface area (Å²) in [6.45, 7) is 13.1. The van der Waals surface area contributed by atoms with E-state index in [9.17, 15) is 0 Å². The number of ether oxygens (including phenoxy) is 1. The number of thiophene rings is 1. The summed E-state index contributed by atoms with van der Waals surface area (Å²) in [4.78, 5) is 3.88. The number of hydrogen-bond donors (Lipinski definition) is 1. The smallest absolute Gasteiger partial charge is 0.119 e. The van der Waals surface area contributed by atoms with Crippen LogP contribution in [0.4, 0.5) is 0 Å². The third-order valence-corrected chi connectivity index (χ3v) is 8.60. The molecule has 0 amide bonds. The number of benzene rings is 3. The lowest BCUT2D eigenvalue weighted by Crippen LogP contribution is -2.28. The molecule has 38 heavy (non-hydrogen) atoms. The molecule has 0 atom stereocenters. The van der Waals surface area contributed by atoms with Crippen molar-refractivity contribution < 1.29 is 4.74 Å². The van der Waals surface area contributed by atoms with Crippen LogP contribution in [-0.4, -0.2) is 44.2 Å². The van der Waals surface area contributed by atoms with Crippen molar-refractivity contribution in [2.75, 3.05) is 39.3 Å². The van der Waals surface area contributed by atoms with Gasteiger partial charge in [-0.1, -0.05) is 75.4 Å². The molecular formula is C34H42N2OS. The van der Waals surface area contributed by atoms with Crippen molar-refractivity contribution in [2.24, 2.45) is 5.41 Å². The molecule has 1 N–H and O–H groups in total. The van der Waals surface area contributed by atoms with Gasteiger partial charge >= 0.3 is 0 Å². The summed E-state index contributed by atoms with van der Waals surface area (Å²) in [7, 11) is 0. The molecule has 5 rings (SSSR count). The highest BCUT2D eigenvalue weighted by atomic mass is 32.1. The van der Waals surface area contributed by atoms with Crippen LogP contribution in [0.3, 0.4) is 0 Å². The van der Waals surface area contributed by atoms with Gasteiger partial charge in [-0.05, 0) is 96.6 Å². The van der Waals surface area contributed by atoms with Gasteiger partial charge in [0.05, 0.1) is 0 Å². The first-order chi connectivity index (χ1) is 18.4. The van der Waals surface area contributed by atoms with Gasteiger partial charge in [0.1, 0.15) is 12.4 Å².